The zero-order chi connectivity index (χ0) is 20.7. The Morgan fingerprint density at radius 1 is 1.03 bits per heavy atom. The molecule has 0 radical (unpaired) electrons. The van der Waals surface area contributed by atoms with Crippen LogP contribution in [0.25, 0.3) is 21.3 Å². The standard InChI is InChI=1S/C21H20N6O2S/c1-14-23-16-6-3-2-5-15(16)20(29)27(14)13-18(28)25-9-11-26(12-10-25)21-24-17-7-4-8-22-19(17)30-21/h2-8H,9-13H2,1H3. The Hall–Kier alpha value is -3.33. The predicted molar refractivity (Wildman–Crippen MR) is 117 cm³/mol. The number of para-hydroxylation sites is 1. The number of benzene rings is 1. The van der Waals surface area contributed by atoms with Crippen molar-refractivity contribution in [2.45, 2.75) is 13.5 Å². The number of carbonyl (C=O) groups is 1. The van der Waals surface area contributed by atoms with Crippen LogP contribution in [0.5, 0.6) is 0 Å². The van der Waals surface area contributed by atoms with E-state index in [0.29, 0.717) is 42.9 Å². The van der Waals surface area contributed by atoms with Gasteiger partial charge in [0.05, 0.1) is 10.9 Å². The third kappa shape index (κ3) is 3.30. The van der Waals surface area contributed by atoms with Gasteiger partial charge in [0.15, 0.2) is 5.13 Å². The Bertz CT molecular complexity index is 1270. The van der Waals surface area contributed by atoms with Gasteiger partial charge < -0.3 is 9.80 Å². The van der Waals surface area contributed by atoms with Crippen molar-refractivity contribution in [3.8, 4) is 0 Å². The molecule has 1 aliphatic rings. The van der Waals surface area contributed by atoms with Crippen molar-refractivity contribution in [1.29, 1.82) is 0 Å². The first-order chi connectivity index (χ1) is 14.6. The molecule has 152 valence electrons. The quantitative estimate of drug-likeness (QED) is 0.504. The highest BCUT2D eigenvalue weighted by Crippen LogP contribution is 2.27. The maximum Gasteiger partial charge on any atom is 0.261 e. The van der Waals surface area contributed by atoms with Crippen LogP contribution in [0.2, 0.25) is 0 Å². The maximum atomic E-state index is 12.9. The van der Waals surface area contributed by atoms with Crippen LogP contribution < -0.4 is 10.5 Å². The number of thiazole rings is 1. The number of hydrogen-bond donors (Lipinski definition) is 0. The van der Waals surface area contributed by atoms with Crippen molar-refractivity contribution in [2.75, 3.05) is 31.1 Å². The van der Waals surface area contributed by atoms with Crippen LogP contribution in [-0.2, 0) is 11.3 Å². The lowest BCUT2D eigenvalue weighted by Gasteiger charge is -2.34. The predicted octanol–water partition coefficient (Wildman–Crippen LogP) is 2.06. The molecule has 1 fully saturated rings. The summed E-state index contributed by atoms with van der Waals surface area (Å²) in [7, 11) is 0. The van der Waals surface area contributed by atoms with Gasteiger partial charge in [-0.15, -0.1) is 0 Å². The number of rotatable bonds is 3. The Balaban J connectivity index is 1.29. The fraction of sp³-hybridized carbons (Fsp3) is 0.286. The molecule has 9 heteroatoms. The average molecular weight is 420 g/mol. The molecule has 8 nitrogen and oxygen atoms in total. The van der Waals surface area contributed by atoms with Crippen molar-refractivity contribution < 1.29 is 4.79 Å². The van der Waals surface area contributed by atoms with E-state index in [2.05, 4.69) is 19.9 Å². The van der Waals surface area contributed by atoms with Gasteiger partial charge >= 0.3 is 0 Å². The van der Waals surface area contributed by atoms with Crippen molar-refractivity contribution in [2.24, 2.45) is 0 Å². The number of hydrogen-bond acceptors (Lipinski definition) is 7. The van der Waals surface area contributed by atoms with Crippen molar-refractivity contribution in [1.82, 2.24) is 24.4 Å². The van der Waals surface area contributed by atoms with Gasteiger partial charge in [-0.2, -0.15) is 0 Å². The van der Waals surface area contributed by atoms with Gasteiger partial charge in [0, 0.05) is 32.4 Å². The number of aromatic nitrogens is 4. The lowest BCUT2D eigenvalue weighted by Crippen LogP contribution is -2.50. The molecule has 4 heterocycles. The second-order valence-corrected chi connectivity index (χ2v) is 8.22. The molecule has 1 aliphatic heterocycles. The summed E-state index contributed by atoms with van der Waals surface area (Å²) in [5, 5.41) is 1.46. The second kappa shape index (κ2) is 7.49. The van der Waals surface area contributed by atoms with Gasteiger partial charge in [-0.05, 0) is 31.2 Å². The van der Waals surface area contributed by atoms with E-state index in [1.807, 2.05) is 35.2 Å². The first kappa shape index (κ1) is 18.7. The summed E-state index contributed by atoms with van der Waals surface area (Å²) in [5.41, 5.74) is 1.38. The molecule has 30 heavy (non-hydrogen) atoms. The number of anilines is 1. The van der Waals surface area contributed by atoms with E-state index in [9.17, 15) is 9.59 Å². The van der Waals surface area contributed by atoms with E-state index in [0.717, 1.165) is 15.5 Å². The molecule has 1 saturated heterocycles. The number of carbonyl (C=O) groups excluding carboxylic acids is 1. The van der Waals surface area contributed by atoms with Crippen LogP contribution >= 0.6 is 11.3 Å². The van der Waals surface area contributed by atoms with Gasteiger partial charge in [0.25, 0.3) is 5.56 Å². The van der Waals surface area contributed by atoms with Crippen LogP contribution in [0.4, 0.5) is 5.13 Å². The van der Waals surface area contributed by atoms with Crippen LogP contribution in [0.15, 0.2) is 47.4 Å². The minimum Gasteiger partial charge on any atom is -0.344 e. The third-order valence-electron chi connectivity index (χ3n) is 5.40. The lowest BCUT2D eigenvalue weighted by atomic mass is 10.2. The number of piperazine rings is 1. The van der Waals surface area contributed by atoms with Gasteiger partial charge in [-0.25, -0.2) is 15.0 Å². The smallest absolute Gasteiger partial charge is 0.261 e. The zero-order valence-electron chi connectivity index (χ0n) is 16.5. The molecule has 0 spiro atoms. The SMILES string of the molecule is Cc1nc2ccccc2c(=O)n1CC(=O)N1CCN(c2nc3cccnc3s2)CC1. The van der Waals surface area contributed by atoms with Gasteiger partial charge in [0.1, 0.15) is 22.7 Å². The average Bonchev–Trinajstić information content (AvgIpc) is 3.21. The van der Waals surface area contributed by atoms with E-state index in [-0.39, 0.29) is 18.0 Å². The fourth-order valence-electron chi connectivity index (χ4n) is 3.74. The molecule has 0 bridgehead atoms. The fourth-order valence-corrected chi connectivity index (χ4v) is 4.70. The Morgan fingerprint density at radius 2 is 1.80 bits per heavy atom. The van der Waals surface area contributed by atoms with Crippen molar-refractivity contribution in [3.63, 3.8) is 0 Å². The number of aryl methyl sites for hydroxylation is 1. The summed E-state index contributed by atoms with van der Waals surface area (Å²) >= 11 is 1.57. The van der Waals surface area contributed by atoms with Crippen LogP contribution in [0, 0.1) is 6.92 Å². The molecule has 0 atom stereocenters. The monoisotopic (exact) mass is 420 g/mol. The summed E-state index contributed by atoms with van der Waals surface area (Å²) in [4.78, 5) is 44.1. The molecule has 4 aromatic rings. The highest BCUT2D eigenvalue weighted by Gasteiger charge is 2.24. The summed E-state index contributed by atoms with van der Waals surface area (Å²) < 4.78 is 1.47. The molecular weight excluding hydrogens is 400 g/mol. The van der Waals surface area contributed by atoms with Crippen LogP contribution in [-0.4, -0.2) is 56.5 Å². The van der Waals surface area contributed by atoms with E-state index < -0.39 is 0 Å². The van der Waals surface area contributed by atoms with Gasteiger partial charge in [-0.1, -0.05) is 23.5 Å². The molecule has 0 N–H and O–H groups in total. The second-order valence-electron chi connectivity index (χ2n) is 7.26. The Morgan fingerprint density at radius 3 is 2.60 bits per heavy atom. The number of nitrogens with zero attached hydrogens (tertiary/aromatic N) is 6. The normalized spacial score (nSPS) is 14.6. The van der Waals surface area contributed by atoms with E-state index in [4.69, 9.17) is 0 Å². The first-order valence-corrected chi connectivity index (χ1v) is 10.6. The highest BCUT2D eigenvalue weighted by atomic mass is 32.1. The minimum atomic E-state index is -0.174. The molecule has 3 aromatic heterocycles. The molecule has 1 aromatic carbocycles. The largest absolute Gasteiger partial charge is 0.344 e. The third-order valence-corrected chi connectivity index (χ3v) is 6.44. The molecule has 5 rings (SSSR count). The summed E-state index contributed by atoms with van der Waals surface area (Å²) in [6.07, 6.45) is 1.77. The summed E-state index contributed by atoms with van der Waals surface area (Å²) in [6, 6.07) is 11.1. The highest BCUT2D eigenvalue weighted by molar-refractivity contribution is 7.21. The first-order valence-electron chi connectivity index (χ1n) is 9.80. The Labute approximate surface area is 176 Å². The number of amides is 1. The number of pyridine rings is 1. The zero-order valence-corrected chi connectivity index (χ0v) is 17.3. The molecule has 0 unspecified atom stereocenters. The topological polar surface area (TPSA) is 84.2 Å². The molecule has 0 aliphatic carbocycles. The van der Waals surface area contributed by atoms with Crippen LogP contribution in [0.3, 0.4) is 0 Å². The van der Waals surface area contributed by atoms with E-state index >= 15 is 0 Å². The lowest BCUT2D eigenvalue weighted by molar-refractivity contribution is -0.132. The minimum absolute atomic E-state index is 0.00750. The molecule has 0 saturated carbocycles. The Kier molecular flexibility index (Phi) is 4.66. The van der Waals surface area contributed by atoms with Gasteiger partial charge in [-0.3, -0.25) is 14.2 Å². The van der Waals surface area contributed by atoms with E-state index in [1.165, 1.54) is 4.57 Å². The molecule has 1 amide bonds. The van der Waals surface area contributed by atoms with Gasteiger partial charge in [0.2, 0.25) is 5.91 Å². The number of fused-ring (bicyclic) bond motifs is 2. The van der Waals surface area contributed by atoms with Crippen molar-refractivity contribution in [3.05, 3.63) is 58.8 Å². The van der Waals surface area contributed by atoms with E-state index in [1.54, 1.807) is 30.5 Å². The summed E-state index contributed by atoms with van der Waals surface area (Å²) in [6.45, 7) is 4.37. The molecular formula is C21H20N6O2S. The van der Waals surface area contributed by atoms with Crippen LogP contribution in [0.1, 0.15) is 5.82 Å². The maximum absolute atomic E-state index is 12.9. The summed E-state index contributed by atoms with van der Waals surface area (Å²) in [5.74, 6) is 0.482. The van der Waals surface area contributed by atoms with Crippen molar-refractivity contribution >= 4 is 43.6 Å².